The first kappa shape index (κ1) is 8.70. The summed E-state index contributed by atoms with van der Waals surface area (Å²) in [5, 5.41) is 0. The Hall–Kier alpha value is -0.890. The minimum Gasteiger partial charge on any atom is -0.295 e. The lowest BCUT2D eigenvalue weighted by molar-refractivity contribution is -0.115. The third-order valence-corrected chi connectivity index (χ3v) is 3.12. The molecule has 2 rings (SSSR count). The second-order valence-electron chi connectivity index (χ2n) is 3.46. The van der Waals surface area contributed by atoms with Crippen LogP contribution >= 0.6 is 11.3 Å². The lowest BCUT2D eigenvalue weighted by Crippen LogP contribution is -1.92. The minimum absolute atomic E-state index is 0.297. The van der Waals surface area contributed by atoms with Crippen molar-refractivity contribution >= 4 is 23.2 Å². The van der Waals surface area contributed by atoms with E-state index in [9.17, 15) is 4.79 Å². The van der Waals surface area contributed by atoms with Crippen molar-refractivity contribution in [2.75, 3.05) is 0 Å². The first-order chi connectivity index (χ1) is 6.25. The van der Waals surface area contributed by atoms with Gasteiger partial charge in [-0.1, -0.05) is 0 Å². The Bertz CT molecular complexity index is 345. The smallest absolute Gasteiger partial charge is 0.158 e. The SMILES string of the molecule is Cc1ccc(/C=C/C(=O)C2CC2)s1. The van der Waals surface area contributed by atoms with Crippen LogP contribution in [0.25, 0.3) is 6.08 Å². The molecule has 0 bridgehead atoms. The van der Waals surface area contributed by atoms with Crippen LogP contribution in [0.3, 0.4) is 0 Å². The van der Waals surface area contributed by atoms with Crippen LogP contribution in [-0.2, 0) is 4.79 Å². The van der Waals surface area contributed by atoms with E-state index in [0.29, 0.717) is 11.7 Å². The van der Waals surface area contributed by atoms with Crippen LogP contribution in [0.2, 0.25) is 0 Å². The zero-order valence-corrected chi connectivity index (χ0v) is 8.43. The number of rotatable bonds is 3. The maximum absolute atomic E-state index is 11.3. The predicted molar refractivity (Wildman–Crippen MR) is 55.8 cm³/mol. The van der Waals surface area contributed by atoms with Gasteiger partial charge in [0.25, 0.3) is 0 Å². The van der Waals surface area contributed by atoms with Crippen LogP contribution in [0.15, 0.2) is 18.2 Å². The minimum atomic E-state index is 0.297. The summed E-state index contributed by atoms with van der Waals surface area (Å²) in [7, 11) is 0. The van der Waals surface area contributed by atoms with E-state index in [1.807, 2.05) is 6.08 Å². The molecule has 1 aliphatic carbocycles. The molecule has 0 atom stereocenters. The van der Waals surface area contributed by atoms with Crippen molar-refractivity contribution in [3.63, 3.8) is 0 Å². The molecule has 0 unspecified atom stereocenters. The predicted octanol–water partition coefficient (Wildman–Crippen LogP) is 3.05. The van der Waals surface area contributed by atoms with Gasteiger partial charge in [-0.3, -0.25) is 4.79 Å². The van der Waals surface area contributed by atoms with E-state index in [1.165, 1.54) is 9.75 Å². The fraction of sp³-hybridized carbons (Fsp3) is 0.364. The lowest BCUT2D eigenvalue weighted by atomic mass is 10.2. The highest BCUT2D eigenvalue weighted by Gasteiger charge is 2.27. The molecule has 0 aromatic carbocycles. The summed E-state index contributed by atoms with van der Waals surface area (Å²) >= 11 is 1.72. The number of carbonyl (C=O) groups excluding carboxylic acids is 1. The van der Waals surface area contributed by atoms with Gasteiger partial charge in [0.1, 0.15) is 0 Å². The van der Waals surface area contributed by atoms with Crippen LogP contribution < -0.4 is 0 Å². The second-order valence-corrected chi connectivity index (χ2v) is 4.78. The molecule has 1 aromatic rings. The van der Waals surface area contributed by atoms with Gasteiger partial charge in [-0.15, -0.1) is 11.3 Å². The van der Waals surface area contributed by atoms with Gasteiger partial charge in [-0.2, -0.15) is 0 Å². The molecular formula is C11H12OS. The van der Waals surface area contributed by atoms with Gasteiger partial charge in [-0.25, -0.2) is 0 Å². The Morgan fingerprint density at radius 2 is 2.31 bits per heavy atom. The average Bonchev–Trinajstić information content (AvgIpc) is 2.87. The summed E-state index contributed by atoms with van der Waals surface area (Å²) in [6, 6.07) is 4.13. The van der Waals surface area contributed by atoms with Gasteiger partial charge in [0.2, 0.25) is 0 Å². The molecule has 1 fully saturated rings. The van der Waals surface area contributed by atoms with Crippen molar-refractivity contribution < 1.29 is 4.79 Å². The number of thiophene rings is 1. The van der Waals surface area contributed by atoms with Crippen molar-refractivity contribution in [2.45, 2.75) is 19.8 Å². The third-order valence-electron chi connectivity index (χ3n) is 2.15. The zero-order valence-electron chi connectivity index (χ0n) is 7.62. The zero-order chi connectivity index (χ0) is 9.26. The molecule has 1 saturated carbocycles. The summed E-state index contributed by atoms with van der Waals surface area (Å²) < 4.78 is 0. The molecule has 0 amide bonds. The number of ketones is 1. The first-order valence-electron chi connectivity index (χ1n) is 4.54. The molecule has 0 N–H and O–H groups in total. The topological polar surface area (TPSA) is 17.1 Å². The van der Waals surface area contributed by atoms with Gasteiger partial charge in [0.05, 0.1) is 0 Å². The van der Waals surface area contributed by atoms with E-state index in [-0.39, 0.29) is 0 Å². The highest BCUT2D eigenvalue weighted by atomic mass is 32.1. The van der Waals surface area contributed by atoms with Gasteiger partial charge in [-0.05, 0) is 44.1 Å². The third kappa shape index (κ3) is 2.28. The summed E-state index contributed by atoms with van der Waals surface area (Å²) in [5.41, 5.74) is 0. The van der Waals surface area contributed by atoms with Gasteiger partial charge in [0, 0.05) is 15.7 Å². The van der Waals surface area contributed by atoms with E-state index in [1.54, 1.807) is 17.4 Å². The quantitative estimate of drug-likeness (QED) is 0.673. The van der Waals surface area contributed by atoms with Crippen LogP contribution in [0.4, 0.5) is 0 Å². The molecular weight excluding hydrogens is 180 g/mol. The van der Waals surface area contributed by atoms with Crippen molar-refractivity contribution in [3.8, 4) is 0 Å². The molecule has 1 heterocycles. The van der Waals surface area contributed by atoms with Crippen molar-refractivity contribution in [3.05, 3.63) is 28.0 Å². The summed E-state index contributed by atoms with van der Waals surface area (Å²) in [4.78, 5) is 13.8. The molecule has 0 aliphatic heterocycles. The Balaban J connectivity index is 2.00. The number of carbonyl (C=O) groups is 1. The standard InChI is InChI=1S/C11H12OS/c1-8-2-5-10(13-8)6-7-11(12)9-3-4-9/h2,5-7,9H,3-4H2,1H3/b7-6+. The Labute approximate surface area is 82.1 Å². The largest absolute Gasteiger partial charge is 0.295 e. The van der Waals surface area contributed by atoms with Crippen molar-refractivity contribution in [1.82, 2.24) is 0 Å². The summed E-state index contributed by atoms with van der Waals surface area (Å²) in [5.74, 6) is 0.642. The molecule has 2 heteroatoms. The molecule has 0 saturated heterocycles. The molecule has 0 spiro atoms. The molecule has 1 aromatic heterocycles. The normalized spacial score (nSPS) is 16.7. The highest BCUT2D eigenvalue weighted by molar-refractivity contribution is 7.12. The Morgan fingerprint density at radius 3 is 2.85 bits per heavy atom. The van der Waals surface area contributed by atoms with Crippen LogP contribution in [-0.4, -0.2) is 5.78 Å². The van der Waals surface area contributed by atoms with Gasteiger partial charge >= 0.3 is 0 Å². The van der Waals surface area contributed by atoms with Crippen LogP contribution in [0.5, 0.6) is 0 Å². The van der Waals surface area contributed by atoms with E-state index < -0.39 is 0 Å². The van der Waals surface area contributed by atoms with Crippen molar-refractivity contribution in [1.29, 1.82) is 0 Å². The van der Waals surface area contributed by atoms with Gasteiger partial charge < -0.3 is 0 Å². The Kier molecular flexibility index (Phi) is 2.32. The average molecular weight is 192 g/mol. The molecule has 68 valence electrons. The van der Waals surface area contributed by atoms with E-state index >= 15 is 0 Å². The number of allylic oxidation sites excluding steroid dienone is 1. The fourth-order valence-corrected chi connectivity index (χ4v) is 1.99. The summed E-state index contributed by atoms with van der Waals surface area (Å²) in [6.45, 7) is 2.07. The Morgan fingerprint density at radius 1 is 1.54 bits per heavy atom. The number of hydrogen-bond donors (Lipinski definition) is 0. The fourth-order valence-electron chi connectivity index (χ4n) is 1.21. The van der Waals surface area contributed by atoms with E-state index in [2.05, 4.69) is 19.1 Å². The maximum Gasteiger partial charge on any atom is 0.158 e. The van der Waals surface area contributed by atoms with E-state index in [0.717, 1.165) is 12.8 Å². The van der Waals surface area contributed by atoms with Gasteiger partial charge in [0.15, 0.2) is 5.78 Å². The highest BCUT2D eigenvalue weighted by Crippen LogP contribution is 2.30. The van der Waals surface area contributed by atoms with Crippen LogP contribution in [0.1, 0.15) is 22.6 Å². The molecule has 13 heavy (non-hydrogen) atoms. The van der Waals surface area contributed by atoms with Crippen LogP contribution in [0, 0.1) is 12.8 Å². The van der Waals surface area contributed by atoms with Crippen molar-refractivity contribution in [2.24, 2.45) is 5.92 Å². The molecule has 0 radical (unpaired) electrons. The number of aryl methyl sites for hydroxylation is 1. The lowest BCUT2D eigenvalue weighted by Gasteiger charge is -1.86. The maximum atomic E-state index is 11.3. The second kappa shape index (κ2) is 3.46. The molecule has 1 aliphatic rings. The summed E-state index contributed by atoms with van der Waals surface area (Å²) in [6.07, 6.45) is 5.83. The van der Waals surface area contributed by atoms with E-state index in [4.69, 9.17) is 0 Å². The monoisotopic (exact) mass is 192 g/mol. The first-order valence-corrected chi connectivity index (χ1v) is 5.36. The molecule has 1 nitrogen and oxygen atoms in total. The number of hydrogen-bond acceptors (Lipinski definition) is 2.